The predicted molar refractivity (Wildman–Crippen MR) is 79.8 cm³/mol. The summed E-state index contributed by atoms with van der Waals surface area (Å²) in [6, 6.07) is 0.184. The minimum atomic E-state index is -0.801. The van der Waals surface area contributed by atoms with Crippen molar-refractivity contribution in [2.45, 2.75) is 63.3 Å². The average molecular weight is 289 g/mol. The highest BCUT2D eigenvalue weighted by Gasteiger charge is 2.32. The number of carboxylic acid groups (broad SMARTS) is 1. The Hall–Kier alpha value is -0.260. The molecule has 1 fully saturated rings. The van der Waals surface area contributed by atoms with Crippen LogP contribution in [0.15, 0.2) is 0 Å². The first-order valence-corrected chi connectivity index (χ1v) is 8.19. The standard InChI is InChI=1S/C14H27NO3S/c1-11(2)15-14(3,13(16)17)7-4-10-19-12-5-8-18-9-6-12/h11-12,15H,4-10H2,1-3H3,(H,16,17). The van der Waals surface area contributed by atoms with Crippen molar-refractivity contribution in [2.24, 2.45) is 0 Å². The molecule has 0 aromatic carbocycles. The van der Waals surface area contributed by atoms with E-state index in [0.29, 0.717) is 11.7 Å². The lowest BCUT2D eigenvalue weighted by Crippen LogP contribution is -2.52. The Morgan fingerprint density at radius 1 is 1.47 bits per heavy atom. The number of nitrogens with one attached hydrogen (secondary N) is 1. The van der Waals surface area contributed by atoms with Crippen LogP contribution in [0.1, 0.15) is 46.5 Å². The van der Waals surface area contributed by atoms with Crippen LogP contribution in [0.2, 0.25) is 0 Å². The van der Waals surface area contributed by atoms with Crippen LogP contribution >= 0.6 is 11.8 Å². The number of thioether (sulfide) groups is 1. The molecule has 1 saturated heterocycles. The van der Waals surface area contributed by atoms with Crippen LogP contribution in [0, 0.1) is 0 Å². The number of carbonyl (C=O) groups is 1. The number of carboxylic acids is 1. The van der Waals surface area contributed by atoms with Gasteiger partial charge in [0.15, 0.2) is 0 Å². The monoisotopic (exact) mass is 289 g/mol. The van der Waals surface area contributed by atoms with Gasteiger partial charge in [-0.1, -0.05) is 0 Å². The topological polar surface area (TPSA) is 58.6 Å². The van der Waals surface area contributed by atoms with Crippen molar-refractivity contribution in [1.29, 1.82) is 0 Å². The van der Waals surface area contributed by atoms with E-state index >= 15 is 0 Å². The van der Waals surface area contributed by atoms with Crippen molar-refractivity contribution in [2.75, 3.05) is 19.0 Å². The van der Waals surface area contributed by atoms with Gasteiger partial charge in [-0.25, -0.2) is 0 Å². The lowest BCUT2D eigenvalue weighted by molar-refractivity contribution is -0.144. The SMILES string of the molecule is CC(C)NC(C)(CCCSC1CCOCC1)C(=O)O. The van der Waals surface area contributed by atoms with E-state index in [2.05, 4.69) is 5.32 Å². The van der Waals surface area contributed by atoms with Gasteiger partial charge in [0, 0.05) is 24.5 Å². The van der Waals surface area contributed by atoms with Crippen molar-refractivity contribution >= 4 is 17.7 Å². The van der Waals surface area contributed by atoms with E-state index in [4.69, 9.17) is 4.74 Å². The molecule has 5 heteroatoms. The van der Waals surface area contributed by atoms with Crippen molar-refractivity contribution in [1.82, 2.24) is 5.32 Å². The minimum absolute atomic E-state index is 0.184. The summed E-state index contributed by atoms with van der Waals surface area (Å²) in [5.74, 6) is 0.283. The maximum atomic E-state index is 11.4. The van der Waals surface area contributed by atoms with Crippen molar-refractivity contribution in [3.63, 3.8) is 0 Å². The fourth-order valence-electron chi connectivity index (χ4n) is 2.40. The van der Waals surface area contributed by atoms with Gasteiger partial charge in [0.2, 0.25) is 0 Å². The Morgan fingerprint density at radius 2 is 2.11 bits per heavy atom. The molecule has 4 nitrogen and oxygen atoms in total. The van der Waals surface area contributed by atoms with Gasteiger partial charge in [0.05, 0.1) is 0 Å². The molecular weight excluding hydrogens is 262 g/mol. The number of aliphatic carboxylic acids is 1. The van der Waals surface area contributed by atoms with E-state index in [0.717, 1.165) is 38.2 Å². The highest BCUT2D eigenvalue weighted by Crippen LogP contribution is 2.24. The lowest BCUT2D eigenvalue weighted by atomic mass is 9.95. The number of hydrogen-bond donors (Lipinski definition) is 2. The van der Waals surface area contributed by atoms with Gasteiger partial charge in [0.25, 0.3) is 0 Å². The summed E-state index contributed by atoms with van der Waals surface area (Å²) in [6.07, 6.45) is 3.87. The fourth-order valence-corrected chi connectivity index (χ4v) is 3.57. The molecule has 0 bridgehead atoms. The summed E-state index contributed by atoms with van der Waals surface area (Å²) in [5.41, 5.74) is -0.801. The highest BCUT2D eigenvalue weighted by molar-refractivity contribution is 7.99. The maximum Gasteiger partial charge on any atom is 0.323 e. The molecular formula is C14H27NO3S. The van der Waals surface area contributed by atoms with E-state index in [-0.39, 0.29) is 6.04 Å². The zero-order valence-corrected chi connectivity index (χ0v) is 13.1. The summed E-state index contributed by atoms with van der Waals surface area (Å²) in [4.78, 5) is 11.4. The predicted octanol–water partition coefficient (Wildman–Crippen LogP) is 2.52. The van der Waals surface area contributed by atoms with Gasteiger partial charge in [-0.05, 0) is 52.2 Å². The number of hydrogen-bond acceptors (Lipinski definition) is 4. The van der Waals surface area contributed by atoms with E-state index in [1.54, 1.807) is 6.92 Å². The van der Waals surface area contributed by atoms with E-state index in [1.807, 2.05) is 25.6 Å². The molecule has 1 rings (SSSR count). The summed E-state index contributed by atoms with van der Waals surface area (Å²) in [5, 5.41) is 13.2. The second kappa shape index (κ2) is 8.12. The third kappa shape index (κ3) is 6.15. The van der Waals surface area contributed by atoms with Crippen LogP contribution in [0.5, 0.6) is 0 Å². The maximum absolute atomic E-state index is 11.4. The first-order valence-electron chi connectivity index (χ1n) is 7.14. The van der Waals surface area contributed by atoms with Crippen LogP contribution in [0.25, 0.3) is 0 Å². The van der Waals surface area contributed by atoms with Gasteiger partial charge in [-0.15, -0.1) is 0 Å². The molecule has 1 heterocycles. The van der Waals surface area contributed by atoms with Crippen molar-refractivity contribution < 1.29 is 14.6 Å². The molecule has 112 valence electrons. The molecule has 0 aromatic heterocycles. The van der Waals surface area contributed by atoms with Crippen LogP contribution in [-0.2, 0) is 9.53 Å². The Bertz CT molecular complexity index is 280. The van der Waals surface area contributed by atoms with E-state index < -0.39 is 11.5 Å². The Balaban J connectivity index is 2.26. The van der Waals surface area contributed by atoms with Gasteiger partial charge in [-0.2, -0.15) is 11.8 Å². The van der Waals surface area contributed by atoms with Crippen LogP contribution in [0.4, 0.5) is 0 Å². The summed E-state index contributed by atoms with van der Waals surface area (Å²) < 4.78 is 5.33. The Morgan fingerprint density at radius 3 is 2.63 bits per heavy atom. The molecule has 1 aliphatic heterocycles. The number of ether oxygens (including phenoxy) is 1. The molecule has 0 amide bonds. The van der Waals surface area contributed by atoms with Crippen LogP contribution in [0.3, 0.4) is 0 Å². The molecule has 0 saturated carbocycles. The summed E-state index contributed by atoms with van der Waals surface area (Å²) in [6.45, 7) is 7.50. The molecule has 0 spiro atoms. The Labute approximate surface area is 120 Å². The minimum Gasteiger partial charge on any atom is -0.480 e. The molecule has 19 heavy (non-hydrogen) atoms. The van der Waals surface area contributed by atoms with Crippen LogP contribution in [-0.4, -0.2) is 46.9 Å². The third-order valence-corrected chi connectivity index (χ3v) is 4.89. The van der Waals surface area contributed by atoms with E-state index in [1.165, 1.54) is 0 Å². The largest absolute Gasteiger partial charge is 0.480 e. The fraction of sp³-hybridized carbons (Fsp3) is 0.929. The quantitative estimate of drug-likeness (QED) is 0.672. The van der Waals surface area contributed by atoms with Crippen molar-refractivity contribution in [3.8, 4) is 0 Å². The van der Waals surface area contributed by atoms with Crippen molar-refractivity contribution in [3.05, 3.63) is 0 Å². The van der Waals surface area contributed by atoms with Crippen LogP contribution < -0.4 is 5.32 Å². The van der Waals surface area contributed by atoms with Gasteiger partial charge in [-0.3, -0.25) is 10.1 Å². The van der Waals surface area contributed by atoms with E-state index in [9.17, 15) is 9.90 Å². The molecule has 1 atom stereocenters. The second-order valence-electron chi connectivity index (χ2n) is 5.72. The van der Waals surface area contributed by atoms with Gasteiger partial charge >= 0.3 is 5.97 Å². The molecule has 1 aliphatic rings. The zero-order chi connectivity index (χ0) is 14.3. The first kappa shape index (κ1) is 16.8. The Kier molecular flexibility index (Phi) is 7.18. The molecule has 1 unspecified atom stereocenters. The second-order valence-corrected chi connectivity index (χ2v) is 7.13. The first-order chi connectivity index (χ1) is 8.94. The summed E-state index contributed by atoms with van der Waals surface area (Å²) >= 11 is 1.97. The third-order valence-electron chi connectivity index (χ3n) is 3.42. The molecule has 0 aromatic rings. The average Bonchev–Trinajstić information content (AvgIpc) is 2.35. The van der Waals surface area contributed by atoms with Gasteiger partial charge in [0.1, 0.15) is 5.54 Å². The zero-order valence-electron chi connectivity index (χ0n) is 12.3. The highest BCUT2D eigenvalue weighted by atomic mass is 32.2. The smallest absolute Gasteiger partial charge is 0.323 e. The molecule has 0 radical (unpaired) electrons. The summed E-state index contributed by atoms with van der Waals surface area (Å²) in [7, 11) is 0. The van der Waals surface area contributed by atoms with Gasteiger partial charge < -0.3 is 9.84 Å². The number of rotatable bonds is 8. The normalized spacial score (nSPS) is 20.4. The molecule has 2 N–H and O–H groups in total. The molecule has 0 aliphatic carbocycles. The lowest BCUT2D eigenvalue weighted by Gasteiger charge is -2.29.